The van der Waals surface area contributed by atoms with Crippen molar-refractivity contribution in [3.8, 4) is 11.5 Å². The van der Waals surface area contributed by atoms with Gasteiger partial charge in [-0.25, -0.2) is 0 Å². The summed E-state index contributed by atoms with van der Waals surface area (Å²) in [6.07, 6.45) is 0. The number of anilines is 1. The van der Waals surface area contributed by atoms with E-state index in [-0.39, 0.29) is 5.91 Å². The number of carbonyl (C=O) groups excluding carboxylic acids is 1. The average molecular weight is 440 g/mol. The van der Waals surface area contributed by atoms with E-state index in [1.54, 1.807) is 14.2 Å². The maximum atomic E-state index is 13.7. The van der Waals surface area contributed by atoms with E-state index in [1.807, 2.05) is 79.1 Å². The van der Waals surface area contributed by atoms with Crippen molar-refractivity contribution in [3.63, 3.8) is 0 Å². The molecule has 0 fully saturated rings. The molecule has 0 saturated carbocycles. The van der Waals surface area contributed by atoms with E-state index < -0.39 is 6.04 Å². The Bertz CT molecular complexity index is 987. The first-order valence-electron chi connectivity index (χ1n) is 10.3. The third-order valence-electron chi connectivity index (χ3n) is 5.52. The van der Waals surface area contributed by atoms with Gasteiger partial charge in [0.05, 0.1) is 25.8 Å². The summed E-state index contributed by atoms with van der Waals surface area (Å²) >= 11 is 5.75. The van der Waals surface area contributed by atoms with E-state index >= 15 is 0 Å². The number of likely N-dealkylation sites (N-methyl/N-ethyl adjacent to an activating group) is 1. The van der Waals surface area contributed by atoms with Crippen molar-refractivity contribution in [1.29, 1.82) is 0 Å². The Kier molecular flexibility index (Phi) is 7.17. The van der Waals surface area contributed by atoms with E-state index in [9.17, 15) is 4.79 Å². The molecule has 6 nitrogen and oxygen atoms in total. The van der Waals surface area contributed by atoms with Crippen molar-refractivity contribution in [2.24, 2.45) is 0 Å². The van der Waals surface area contributed by atoms with Gasteiger partial charge in [0.2, 0.25) is 0 Å². The number of hydrogen-bond donors (Lipinski definition) is 1. The number of allylic oxidation sites excluding steroid dienone is 1. The zero-order valence-electron chi connectivity index (χ0n) is 18.6. The van der Waals surface area contributed by atoms with E-state index in [4.69, 9.17) is 21.7 Å². The van der Waals surface area contributed by atoms with Crippen LogP contribution in [0.1, 0.15) is 32.4 Å². The topological polar surface area (TPSA) is 54.0 Å². The Hall–Kier alpha value is -3.06. The minimum atomic E-state index is -0.467. The highest BCUT2D eigenvalue weighted by Crippen LogP contribution is 2.41. The van der Waals surface area contributed by atoms with Gasteiger partial charge in [0.25, 0.3) is 5.91 Å². The number of benzene rings is 2. The minimum Gasteiger partial charge on any atom is -0.493 e. The molecule has 1 aliphatic rings. The molecule has 1 aliphatic heterocycles. The van der Waals surface area contributed by atoms with Crippen molar-refractivity contribution in [1.82, 2.24) is 10.2 Å². The summed E-state index contributed by atoms with van der Waals surface area (Å²) in [5.74, 6) is 1.15. The van der Waals surface area contributed by atoms with E-state index in [1.165, 1.54) is 0 Å². The molecule has 7 heteroatoms. The minimum absolute atomic E-state index is 0.0340. The lowest BCUT2D eigenvalue weighted by atomic mass is 9.92. The van der Waals surface area contributed by atoms with Gasteiger partial charge in [-0.05, 0) is 51.2 Å². The monoisotopic (exact) mass is 439 g/mol. The number of carbonyl (C=O) groups is 1. The number of ether oxygens (including phenoxy) is 2. The molecule has 0 aliphatic carbocycles. The van der Waals surface area contributed by atoms with Crippen LogP contribution >= 0.6 is 12.2 Å². The van der Waals surface area contributed by atoms with E-state index in [2.05, 4.69) is 5.32 Å². The van der Waals surface area contributed by atoms with Crippen molar-refractivity contribution in [2.75, 3.05) is 32.2 Å². The lowest BCUT2D eigenvalue weighted by molar-refractivity contribution is -0.127. The van der Waals surface area contributed by atoms with Gasteiger partial charge >= 0.3 is 0 Å². The summed E-state index contributed by atoms with van der Waals surface area (Å²) in [4.78, 5) is 17.4. The molecular formula is C24H29N3O3S. The van der Waals surface area contributed by atoms with Gasteiger partial charge in [-0.1, -0.05) is 30.3 Å². The summed E-state index contributed by atoms with van der Waals surface area (Å²) in [6.45, 7) is 7.13. The van der Waals surface area contributed by atoms with Crippen LogP contribution in [0.4, 0.5) is 5.69 Å². The Balaban J connectivity index is 2.23. The molecular weight excluding hydrogens is 410 g/mol. The molecule has 1 N–H and O–H groups in total. The van der Waals surface area contributed by atoms with Crippen LogP contribution in [0.5, 0.6) is 11.5 Å². The van der Waals surface area contributed by atoms with Crippen LogP contribution in [0.25, 0.3) is 0 Å². The van der Waals surface area contributed by atoms with Crippen LogP contribution in [-0.2, 0) is 4.79 Å². The highest BCUT2D eigenvalue weighted by atomic mass is 32.1. The highest BCUT2D eigenvalue weighted by Gasteiger charge is 2.37. The number of para-hydroxylation sites is 2. The lowest BCUT2D eigenvalue weighted by Crippen LogP contribution is -2.50. The first kappa shape index (κ1) is 22.6. The molecule has 1 amide bonds. The zero-order valence-corrected chi connectivity index (χ0v) is 19.5. The smallest absolute Gasteiger partial charge is 0.253 e. The van der Waals surface area contributed by atoms with Crippen molar-refractivity contribution < 1.29 is 14.3 Å². The van der Waals surface area contributed by atoms with Gasteiger partial charge in [0.1, 0.15) is 0 Å². The molecule has 0 radical (unpaired) electrons. The summed E-state index contributed by atoms with van der Waals surface area (Å²) < 4.78 is 11.2. The van der Waals surface area contributed by atoms with Gasteiger partial charge in [-0.15, -0.1) is 0 Å². The summed E-state index contributed by atoms with van der Waals surface area (Å²) in [7, 11) is 3.20. The second kappa shape index (κ2) is 9.83. The quantitative estimate of drug-likeness (QED) is 0.650. The predicted molar refractivity (Wildman–Crippen MR) is 128 cm³/mol. The molecule has 0 aromatic heterocycles. The molecule has 1 heterocycles. The molecule has 164 valence electrons. The van der Waals surface area contributed by atoms with Gasteiger partial charge < -0.3 is 19.7 Å². The van der Waals surface area contributed by atoms with Gasteiger partial charge in [-0.3, -0.25) is 9.69 Å². The molecule has 1 unspecified atom stereocenters. The fraction of sp³-hybridized carbons (Fsp3) is 0.333. The summed E-state index contributed by atoms with van der Waals surface area (Å²) in [5, 5.41) is 3.91. The molecule has 2 aromatic carbocycles. The number of rotatable bonds is 7. The van der Waals surface area contributed by atoms with Gasteiger partial charge in [-0.2, -0.15) is 0 Å². The Labute approximate surface area is 189 Å². The Morgan fingerprint density at radius 3 is 2.32 bits per heavy atom. The Morgan fingerprint density at radius 2 is 1.74 bits per heavy atom. The number of methoxy groups -OCH3 is 2. The van der Waals surface area contributed by atoms with Crippen LogP contribution in [0.3, 0.4) is 0 Å². The third-order valence-corrected chi connectivity index (χ3v) is 5.83. The van der Waals surface area contributed by atoms with Crippen molar-refractivity contribution >= 4 is 28.9 Å². The SMILES string of the molecule is CCN(CC)C(=O)C1=C(C)N(c2ccccc2)C(=S)NC1c1cccc(OC)c1OC. The summed E-state index contributed by atoms with van der Waals surface area (Å²) in [6, 6.07) is 15.0. The van der Waals surface area contributed by atoms with Gasteiger partial charge in [0, 0.05) is 30.0 Å². The maximum Gasteiger partial charge on any atom is 0.253 e. The molecule has 3 rings (SSSR count). The molecule has 0 spiro atoms. The second-order valence-corrected chi connectivity index (χ2v) is 7.50. The number of amides is 1. The molecule has 2 aromatic rings. The third kappa shape index (κ3) is 4.23. The fourth-order valence-electron chi connectivity index (χ4n) is 3.96. The largest absolute Gasteiger partial charge is 0.493 e. The van der Waals surface area contributed by atoms with Crippen LogP contribution in [-0.4, -0.2) is 43.2 Å². The first-order valence-corrected chi connectivity index (χ1v) is 10.8. The molecule has 0 saturated heterocycles. The molecule has 1 atom stereocenters. The number of hydrogen-bond acceptors (Lipinski definition) is 4. The lowest BCUT2D eigenvalue weighted by Gasteiger charge is -2.39. The van der Waals surface area contributed by atoms with Crippen LogP contribution < -0.4 is 19.7 Å². The fourth-order valence-corrected chi connectivity index (χ4v) is 4.32. The van der Waals surface area contributed by atoms with Crippen molar-refractivity contribution in [3.05, 3.63) is 65.4 Å². The van der Waals surface area contributed by atoms with Crippen LogP contribution in [0.2, 0.25) is 0 Å². The standard InChI is InChI=1S/C24H29N3O3S/c1-6-26(7-2)23(28)20-16(3)27(17-12-9-8-10-13-17)24(31)25-21(20)18-14-11-15-19(29-4)22(18)30-5/h8-15,21H,6-7H2,1-5H3,(H,25,31). The highest BCUT2D eigenvalue weighted by molar-refractivity contribution is 7.80. The molecule has 0 bridgehead atoms. The predicted octanol–water partition coefficient (Wildman–Crippen LogP) is 4.28. The molecule has 31 heavy (non-hydrogen) atoms. The average Bonchev–Trinajstić information content (AvgIpc) is 2.79. The van der Waals surface area contributed by atoms with Crippen LogP contribution in [0.15, 0.2) is 59.8 Å². The normalized spacial score (nSPS) is 16.1. The number of nitrogens with one attached hydrogen (secondary N) is 1. The number of thiocarbonyl (C=S) groups is 1. The van der Waals surface area contributed by atoms with E-state index in [0.29, 0.717) is 35.3 Å². The van der Waals surface area contributed by atoms with Crippen LogP contribution in [0, 0.1) is 0 Å². The first-order chi connectivity index (χ1) is 15.0. The number of nitrogens with zero attached hydrogens (tertiary/aromatic N) is 2. The maximum absolute atomic E-state index is 13.7. The van der Waals surface area contributed by atoms with Gasteiger partial charge in [0.15, 0.2) is 16.6 Å². The zero-order chi connectivity index (χ0) is 22.5. The van der Waals surface area contributed by atoms with Crippen molar-refractivity contribution in [2.45, 2.75) is 26.8 Å². The second-order valence-electron chi connectivity index (χ2n) is 7.11. The van der Waals surface area contributed by atoms with E-state index in [0.717, 1.165) is 16.9 Å². The summed E-state index contributed by atoms with van der Waals surface area (Å²) in [5.41, 5.74) is 3.12. The Morgan fingerprint density at radius 1 is 1.06 bits per heavy atom.